The van der Waals surface area contributed by atoms with Crippen LogP contribution in [0.1, 0.15) is 83.9 Å². The minimum Gasteiger partial charge on any atom is -0.333 e. The summed E-state index contributed by atoms with van der Waals surface area (Å²) in [6.07, 6.45) is 8.10. The molecule has 2 aromatic rings. The van der Waals surface area contributed by atoms with Gasteiger partial charge in [-0.1, -0.05) is 45.9 Å². The number of anilines is 1. The number of carbonyl (C=O) groups is 2. The van der Waals surface area contributed by atoms with Gasteiger partial charge in [0.2, 0.25) is 5.91 Å². The third kappa shape index (κ3) is 5.41. The van der Waals surface area contributed by atoms with Crippen molar-refractivity contribution in [2.75, 3.05) is 18.4 Å². The Bertz CT molecular complexity index is 1130. The molecule has 37 heavy (non-hydrogen) atoms. The molecule has 0 radical (unpaired) electrons. The van der Waals surface area contributed by atoms with Gasteiger partial charge in [0, 0.05) is 23.6 Å². The predicted molar refractivity (Wildman–Crippen MR) is 147 cm³/mol. The van der Waals surface area contributed by atoms with Gasteiger partial charge in [-0.2, -0.15) is 5.10 Å². The second-order valence-electron chi connectivity index (χ2n) is 13.0. The minimum atomic E-state index is -0.204. The molecule has 4 bridgehead atoms. The Morgan fingerprint density at radius 1 is 1.08 bits per heavy atom. The summed E-state index contributed by atoms with van der Waals surface area (Å²) in [7, 11) is 0. The summed E-state index contributed by atoms with van der Waals surface area (Å²) in [6, 6.07) is 9.87. The molecule has 0 unspecified atom stereocenters. The molecule has 2 N–H and O–H groups in total. The lowest BCUT2D eigenvalue weighted by Crippen LogP contribution is -2.62. The van der Waals surface area contributed by atoms with Gasteiger partial charge in [0.1, 0.15) is 12.4 Å². The maximum Gasteiger partial charge on any atom is 0.318 e. The molecule has 7 heteroatoms. The molecule has 0 spiro atoms. The normalized spacial score (nSPS) is 26.2. The average molecular weight is 506 g/mol. The van der Waals surface area contributed by atoms with Crippen LogP contribution < -0.4 is 10.6 Å². The lowest BCUT2D eigenvalue weighted by Gasteiger charge is -2.57. The fourth-order valence-corrected chi connectivity index (χ4v) is 7.27. The summed E-state index contributed by atoms with van der Waals surface area (Å²) in [4.78, 5) is 28.5. The molecule has 4 saturated carbocycles. The number of nitrogens with one attached hydrogen (secondary N) is 2. The number of hydrogen-bond acceptors (Lipinski definition) is 3. The molecule has 1 aromatic carbocycles. The molecule has 7 nitrogen and oxygen atoms in total. The molecule has 200 valence electrons. The highest BCUT2D eigenvalue weighted by Crippen LogP contribution is 2.55. The molecule has 1 aromatic heterocycles. The number of aromatic nitrogens is 2. The number of nitrogens with zero attached hydrogens (tertiary/aromatic N) is 3. The van der Waals surface area contributed by atoms with Crippen molar-refractivity contribution in [3.05, 3.63) is 41.6 Å². The Kier molecular flexibility index (Phi) is 6.84. The monoisotopic (exact) mass is 505 g/mol. The molecular weight excluding hydrogens is 462 g/mol. The Morgan fingerprint density at radius 2 is 1.70 bits per heavy atom. The van der Waals surface area contributed by atoms with E-state index in [1.165, 1.54) is 19.3 Å². The summed E-state index contributed by atoms with van der Waals surface area (Å²) in [5, 5.41) is 11.4. The van der Waals surface area contributed by atoms with Gasteiger partial charge in [0.05, 0.1) is 11.4 Å². The molecule has 0 atom stereocenters. The lowest BCUT2D eigenvalue weighted by molar-refractivity contribution is -0.116. The quantitative estimate of drug-likeness (QED) is 0.499. The first-order valence-corrected chi connectivity index (χ1v) is 14.1. The third-order valence-corrected chi connectivity index (χ3v) is 8.61. The Hall–Kier alpha value is -2.83. The van der Waals surface area contributed by atoms with E-state index in [4.69, 9.17) is 5.10 Å². The highest BCUT2D eigenvalue weighted by molar-refractivity contribution is 5.94. The van der Waals surface area contributed by atoms with E-state index in [2.05, 4.69) is 31.4 Å². The van der Waals surface area contributed by atoms with Crippen molar-refractivity contribution < 1.29 is 9.59 Å². The third-order valence-electron chi connectivity index (χ3n) is 8.61. The van der Waals surface area contributed by atoms with Gasteiger partial charge in [0.15, 0.2) is 0 Å². The van der Waals surface area contributed by atoms with Crippen LogP contribution in [0.15, 0.2) is 30.3 Å². The van der Waals surface area contributed by atoms with E-state index < -0.39 is 0 Å². The molecule has 6 rings (SSSR count). The van der Waals surface area contributed by atoms with Crippen LogP contribution in [-0.2, 0) is 10.2 Å². The van der Waals surface area contributed by atoms with Gasteiger partial charge in [-0.3, -0.25) is 4.79 Å². The molecule has 1 heterocycles. The predicted octanol–water partition coefficient (Wildman–Crippen LogP) is 5.81. The van der Waals surface area contributed by atoms with Crippen LogP contribution in [0.4, 0.5) is 10.6 Å². The van der Waals surface area contributed by atoms with Crippen LogP contribution in [0.2, 0.25) is 0 Å². The number of para-hydroxylation sites is 1. The van der Waals surface area contributed by atoms with Crippen molar-refractivity contribution >= 4 is 17.8 Å². The number of hydrogen-bond donors (Lipinski definition) is 2. The number of aryl methyl sites for hydroxylation is 1. The van der Waals surface area contributed by atoms with Crippen molar-refractivity contribution in [2.45, 2.75) is 90.5 Å². The van der Waals surface area contributed by atoms with Crippen LogP contribution in [0, 0.1) is 24.7 Å². The first-order valence-electron chi connectivity index (χ1n) is 14.1. The Balaban J connectivity index is 1.31. The molecular formula is C30H43N5O2. The first-order chi connectivity index (χ1) is 17.5. The maximum absolute atomic E-state index is 13.5. The van der Waals surface area contributed by atoms with E-state index in [1.54, 1.807) is 4.90 Å². The minimum absolute atomic E-state index is 0.0237. The van der Waals surface area contributed by atoms with Crippen molar-refractivity contribution in [3.63, 3.8) is 0 Å². The number of rotatable bonds is 7. The SMILES string of the molecule is CCCN(CC(=O)Nc1cc(C(C)(C)C)nn1-c1ccccc1C)C(=O)NC12CC3CC(CC(C3)C1)C2. The van der Waals surface area contributed by atoms with Crippen LogP contribution in [-0.4, -0.2) is 45.2 Å². The first kappa shape index (κ1) is 25.8. The molecule has 4 aliphatic rings. The average Bonchev–Trinajstić information content (AvgIpc) is 3.22. The zero-order valence-corrected chi connectivity index (χ0v) is 23.1. The van der Waals surface area contributed by atoms with E-state index >= 15 is 0 Å². The van der Waals surface area contributed by atoms with Gasteiger partial charge in [-0.25, -0.2) is 9.48 Å². The van der Waals surface area contributed by atoms with Gasteiger partial charge in [-0.15, -0.1) is 0 Å². The van der Waals surface area contributed by atoms with E-state index in [0.29, 0.717) is 12.4 Å². The van der Waals surface area contributed by atoms with Gasteiger partial charge in [0.25, 0.3) is 0 Å². The van der Waals surface area contributed by atoms with Crippen molar-refractivity contribution in [1.82, 2.24) is 20.0 Å². The van der Waals surface area contributed by atoms with Crippen molar-refractivity contribution in [1.29, 1.82) is 0 Å². The largest absolute Gasteiger partial charge is 0.333 e. The number of carbonyl (C=O) groups excluding carboxylic acids is 2. The molecule has 0 aliphatic heterocycles. The van der Waals surface area contributed by atoms with E-state index in [0.717, 1.165) is 60.4 Å². The Morgan fingerprint density at radius 3 is 2.27 bits per heavy atom. The zero-order chi connectivity index (χ0) is 26.4. The topological polar surface area (TPSA) is 79.3 Å². The number of amides is 3. The molecule has 3 amide bonds. The summed E-state index contributed by atoms with van der Waals surface area (Å²) in [5.41, 5.74) is 2.66. The van der Waals surface area contributed by atoms with E-state index in [9.17, 15) is 9.59 Å². The summed E-state index contributed by atoms with van der Waals surface area (Å²) >= 11 is 0. The molecule has 4 aliphatic carbocycles. The lowest BCUT2D eigenvalue weighted by atomic mass is 9.53. The number of benzene rings is 1. The van der Waals surface area contributed by atoms with Gasteiger partial charge >= 0.3 is 6.03 Å². The summed E-state index contributed by atoms with van der Waals surface area (Å²) in [5.74, 6) is 2.70. The smallest absolute Gasteiger partial charge is 0.318 e. The highest BCUT2D eigenvalue weighted by Gasteiger charge is 2.51. The standard InChI is InChI=1S/C30H43N5O2/c1-6-11-34(28(37)32-30-16-21-12-22(17-30)14-23(13-21)18-30)19-27(36)31-26-15-25(29(3,4)5)33-35(26)24-10-8-7-9-20(24)2/h7-10,15,21-23H,6,11-14,16-19H2,1-5H3,(H,31,36)(H,32,37). The number of urea groups is 1. The zero-order valence-electron chi connectivity index (χ0n) is 23.1. The second kappa shape index (κ2) is 9.80. The summed E-state index contributed by atoms with van der Waals surface area (Å²) < 4.78 is 1.81. The molecule has 4 fully saturated rings. The van der Waals surface area contributed by atoms with Crippen molar-refractivity contribution in [2.24, 2.45) is 17.8 Å². The van der Waals surface area contributed by atoms with Crippen LogP contribution in [0.3, 0.4) is 0 Å². The van der Waals surface area contributed by atoms with Crippen molar-refractivity contribution in [3.8, 4) is 5.69 Å². The van der Waals surface area contributed by atoms with E-state index in [1.807, 2.05) is 48.9 Å². The van der Waals surface area contributed by atoms with Gasteiger partial charge < -0.3 is 15.5 Å². The van der Waals surface area contributed by atoms with Gasteiger partial charge in [-0.05, 0) is 81.3 Å². The molecule has 0 saturated heterocycles. The van der Waals surface area contributed by atoms with E-state index in [-0.39, 0.29) is 29.4 Å². The fraction of sp³-hybridized carbons (Fsp3) is 0.633. The van der Waals surface area contributed by atoms with Crippen LogP contribution in [0.5, 0.6) is 0 Å². The maximum atomic E-state index is 13.5. The summed E-state index contributed by atoms with van der Waals surface area (Å²) in [6.45, 7) is 11.0. The Labute approximate surface area is 221 Å². The second-order valence-corrected chi connectivity index (χ2v) is 13.0. The fourth-order valence-electron chi connectivity index (χ4n) is 7.27. The van der Waals surface area contributed by atoms with Crippen LogP contribution in [0.25, 0.3) is 5.69 Å². The highest BCUT2D eigenvalue weighted by atomic mass is 16.2. The van der Waals surface area contributed by atoms with Crippen LogP contribution >= 0.6 is 0 Å².